The van der Waals surface area contributed by atoms with E-state index in [9.17, 15) is 41.8 Å². The number of hydrogen-bond acceptors (Lipinski definition) is 8. The summed E-state index contributed by atoms with van der Waals surface area (Å²) in [5.74, 6) is -4.58. The molecule has 1 aliphatic heterocycles. The Hall–Kier alpha value is -3.34. The summed E-state index contributed by atoms with van der Waals surface area (Å²) in [5, 5.41) is 15.9. The van der Waals surface area contributed by atoms with Crippen molar-refractivity contribution >= 4 is 23.7 Å². The first-order valence-electron chi connectivity index (χ1n) is 11.8. The minimum Gasteiger partial charge on any atom is -0.480 e. The molecule has 0 aliphatic carbocycles. The normalized spacial score (nSPS) is 16.4. The van der Waals surface area contributed by atoms with Crippen molar-refractivity contribution in [1.82, 2.24) is 20.9 Å². The first kappa shape index (κ1) is 31.9. The molecule has 0 spiro atoms. The Labute approximate surface area is 220 Å². The van der Waals surface area contributed by atoms with Gasteiger partial charge in [0.1, 0.15) is 18.1 Å². The first-order chi connectivity index (χ1) is 18.5. The largest absolute Gasteiger partial charge is 0.480 e. The van der Waals surface area contributed by atoms with Gasteiger partial charge in [0.25, 0.3) is 0 Å². The molecule has 1 aromatic rings. The standard InChI is InChI=1S/C23H30F4N4O8/c24-22(25)38-12-16(28-18(32)11-31-6-8-37-9-7-31)19(33)30-17(13-39-23(26)27)20(34)29-15(21(35)36)10-14-4-2-1-3-5-14/h1-5,15-17,22-23H,6-13H2,(H,28,32)(H,29,34)(H,30,33)(H,35,36)/t15-,16-,17-/m0/s1. The Morgan fingerprint density at radius 2 is 1.36 bits per heavy atom. The zero-order chi connectivity index (χ0) is 28.8. The lowest BCUT2D eigenvalue weighted by molar-refractivity contribution is -0.154. The van der Waals surface area contributed by atoms with E-state index in [0.717, 1.165) is 0 Å². The second kappa shape index (κ2) is 16.6. The Bertz CT molecular complexity index is 938. The van der Waals surface area contributed by atoms with Crippen LogP contribution in [-0.4, -0.2) is 111 Å². The fraction of sp³-hybridized carbons (Fsp3) is 0.565. The van der Waals surface area contributed by atoms with Crippen molar-refractivity contribution in [1.29, 1.82) is 0 Å². The number of carboxylic acids is 1. The average molecular weight is 567 g/mol. The summed E-state index contributed by atoms with van der Waals surface area (Å²) < 4.78 is 64.2. The highest BCUT2D eigenvalue weighted by atomic mass is 19.3. The smallest absolute Gasteiger partial charge is 0.345 e. The van der Waals surface area contributed by atoms with Crippen molar-refractivity contribution in [3.05, 3.63) is 35.9 Å². The third-order valence-electron chi connectivity index (χ3n) is 5.43. The lowest BCUT2D eigenvalue weighted by atomic mass is 10.1. The zero-order valence-corrected chi connectivity index (χ0v) is 20.7. The van der Waals surface area contributed by atoms with Gasteiger partial charge in [-0.3, -0.25) is 19.3 Å². The molecule has 1 saturated heterocycles. The van der Waals surface area contributed by atoms with E-state index >= 15 is 0 Å². The second-order valence-electron chi connectivity index (χ2n) is 8.35. The number of nitrogens with zero attached hydrogens (tertiary/aromatic N) is 1. The van der Waals surface area contributed by atoms with Crippen LogP contribution in [0.4, 0.5) is 17.6 Å². The van der Waals surface area contributed by atoms with E-state index in [4.69, 9.17) is 4.74 Å². The van der Waals surface area contributed by atoms with Crippen molar-refractivity contribution < 1.29 is 56.1 Å². The summed E-state index contributed by atoms with van der Waals surface area (Å²) in [6.07, 6.45) is -0.166. The van der Waals surface area contributed by atoms with Crippen molar-refractivity contribution in [3.8, 4) is 0 Å². The predicted molar refractivity (Wildman–Crippen MR) is 125 cm³/mol. The summed E-state index contributed by atoms with van der Waals surface area (Å²) in [6.45, 7) is -7.36. The van der Waals surface area contributed by atoms with Gasteiger partial charge in [0.2, 0.25) is 17.7 Å². The Kier molecular flexibility index (Phi) is 13.6. The van der Waals surface area contributed by atoms with Crippen LogP contribution in [0.1, 0.15) is 5.56 Å². The number of nitrogens with one attached hydrogen (secondary N) is 3. The van der Waals surface area contributed by atoms with Crippen LogP contribution in [0, 0.1) is 0 Å². The average Bonchev–Trinajstić information content (AvgIpc) is 2.89. The molecule has 0 bridgehead atoms. The molecular formula is C23H30F4N4O8. The molecule has 12 nitrogen and oxygen atoms in total. The van der Waals surface area contributed by atoms with E-state index in [1.54, 1.807) is 35.2 Å². The second-order valence-corrected chi connectivity index (χ2v) is 8.35. The Morgan fingerprint density at radius 1 is 0.846 bits per heavy atom. The van der Waals surface area contributed by atoms with Crippen LogP contribution < -0.4 is 16.0 Å². The molecule has 39 heavy (non-hydrogen) atoms. The number of morpholine rings is 1. The maximum atomic E-state index is 12.8. The molecule has 0 aromatic heterocycles. The summed E-state index contributed by atoms with van der Waals surface area (Å²) in [6, 6.07) is 3.08. The van der Waals surface area contributed by atoms with Crippen molar-refractivity contribution in [2.75, 3.05) is 46.1 Å². The molecule has 0 saturated carbocycles. The zero-order valence-electron chi connectivity index (χ0n) is 20.7. The maximum absolute atomic E-state index is 12.8. The van der Waals surface area contributed by atoms with Gasteiger partial charge >= 0.3 is 19.2 Å². The van der Waals surface area contributed by atoms with Gasteiger partial charge in [-0.25, -0.2) is 4.79 Å². The van der Waals surface area contributed by atoms with Crippen LogP contribution in [0.5, 0.6) is 0 Å². The monoisotopic (exact) mass is 566 g/mol. The topological polar surface area (TPSA) is 156 Å². The Morgan fingerprint density at radius 3 is 1.87 bits per heavy atom. The third-order valence-corrected chi connectivity index (χ3v) is 5.43. The van der Waals surface area contributed by atoms with Gasteiger partial charge < -0.3 is 35.3 Å². The van der Waals surface area contributed by atoms with E-state index in [2.05, 4.69) is 20.1 Å². The first-order valence-corrected chi connectivity index (χ1v) is 11.8. The van der Waals surface area contributed by atoms with E-state index < -0.39 is 68.3 Å². The summed E-state index contributed by atoms with van der Waals surface area (Å²) in [4.78, 5) is 51.4. The molecule has 1 aliphatic rings. The van der Waals surface area contributed by atoms with Crippen LogP contribution in [-0.2, 0) is 39.8 Å². The van der Waals surface area contributed by atoms with Crippen molar-refractivity contribution in [3.63, 3.8) is 0 Å². The molecule has 2 rings (SSSR count). The molecule has 3 amide bonds. The molecule has 218 valence electrons. The highest BCUT2D eigenvalue weighted by molar-refractivity contribution is 5.93. The number of halogens is 4. The van der Waals surface area contributed by atoms with Crippen LogP contribution >= 0.6 is 0 Å². The number of amides is 3. The quantitative estimate of drug-likeness (QED) is 0.195. The van der Waals surface area contributed by atoms with Gasteiger partial charge in [0.05, 0.1) is 33.0 Å². The number of alkyl halides is 4. The van der Waals surface area contributed by atoms with Gasteiger partial charge in [-0.15, -0.1) is 0 Å². The van der Waals surface area contributed by atoms with Crippen molar-refractivity contribution in [2.45, 2.75) is 37.8 Å². The summed E-state index contributed by atoms with van der Waals surface area (Å²) in [5.41, 5.74) is 0.543. The van der Waals surface area contributed by atoms with Gasteiger partial charge in [0.15, 0.2) is 0 Å². The van der Waals surface area contributed by atoms with E-state index in [0.29, 0.717) is 31.9 Å². The maximum Gasteiger partial charge on any atom is 0.345 e. The van der Waals surface area contributed by atoms with Crippen molar-refractivity contribution in [2.24, 2.45) is 0 Å². The number of hydrogen-bond donors (Lipinski definition) is 4. The summed E-state index contributed by atoms with van der Waals surface area (Å²) in [7, 11) is 0. The number of ether oxygens (including phenoxy) is 3. The van der Waals surface area contributed by atoms with Gasteiger partial charge in [0, 0.05) is 19.5 Å². The molecule has 1 heterocycles. The number of benzene rings is 1. The molecule has 0 unspecified atom stereocenters. The van der Waals surface area contributed by atoms with E-state index in [1.165, 1.54) is 0 Å². The number of carbonyl (C=O) groups excluding carboxylic acids is 3. The van der Waals surface area contributed by atoms with Gasteiger partial charge in [-0.1, -0.05) is 30.3 Å². The number of rotatable bonds is 16. The third kappa shape index (κ3) is 12.4. The number of aliphatic carboxylic acids is 1. The minimum absolute atomic E-state index is 0.166. The van der Waals surface area contributed by atoms with E-state index in [-0.39, 0.29) is 13.0 Å². The summed E-state index contributed by atoms with van der Waals surface area (Å²) >= 11 is 0. The fourth-order valence-electron chi connectivity index (χ4n) is 3.50. The highest BCUT2D eigenvalue weighted by Gasteiger charge is 2.31. The fourth-order valence-corrected chi connectivity index (χ4v) is 3.50. The number of carboxylic acid groups (broad SMARTS) is 1. The van der Waals surface area contributed by atoms with Crippen LogP contribution in [0.25, 0.3) is 0 Å². The molecule has 3 atom stereocenters. The lowest BCUT2D eigenvalue weighted by Gasteiger charge is -2.27. The minimum atomic E-state index is -3.34. The van der Waals surface area contributed by atoms with Gasteiger partial charge in [-0.2, -0.15) is 17.6 Å². The Balaban J connectivity index is 2.10. The molecular weight excluding hydrogens is 536 g/mol. The molecule has 16 heteroatoms. The van der Waals surface area contributed by atoms with Crippen LogP contribution in [0.3, 0.4) is 0 Å². The molecule has 1 fully saturated rings. The SMILES string of the molecule is O=C(CN1CCOCC1)N[C@@H](COC(F)F)C(=O)N[C@@H](COC(F)F)C(=O)N[C@@H](Cc1ccccc1)C(=O)O. The highest BCUT2D eigenvalue weighted by Crippen LogP contribution is 2.06. The van der Waals surface area contributed by atoms with Crippen LogP contribution in [0.15, 0.2) is 30.3 Å². The van der Waals surface area contributed by atoms with Crippen LogP contribution in [0.2, 0.25) is 0 Å². The molecule has 1 aromatic carbocycles. The van der Waals surface area contributed by atoms with E-state index in [1.807, 2.05) is 5.32 Å². The molecule has 0 radical (unpaired) electrons. The molecule has 4 N–H and O–H groups in total. The predicted octanol–water partition coefficient (Wildman–Crippen LogP) is -0.421. The van der Waals surface area contributed by atoms with Gasteiger partial charge in [-0.05, 0) is 5.56 Å². The lowest BCUT2D eigenvalue weighted by Crippen LogP contribution is -2.59. The number of carbonyl (C=O) groups is 4.